The Hall–Kier alpha value is -2.96. The molecule has 5 nitrogen and oxygen atoms in total. The Labute approximate surface area is 149 Å². The van der Waals surface area contributed by atoms with Gasteiger partial charge in [0, 0.05) is 5.69 Å². The first-order valence-corrected chi connectivity index (χ1v) is 7.96. The van der Waals surface area contributed by atoms with Gasteiger partial charge in [-0.3, -0.25) is 4.79 Å². The molecule has 0 bridgehead atoms. The van der Waals surface area contributed by atoms with Gasteiger partial charge in [0.05, 0.1) is 0 Å². The Balaban J connectivity index is 1.89. The minimum Gasteiger partial charge on any atom is -0.479 e. The standard InChI is InChI=1S/C19H19F2NO4/c1-11-4-7-15(10-17(11)21)22-18(23)12(2)26-19(24)13(3)25-16-8-5-14(20)6-9-16/h4-10,12-13H,1-3H3,(H,22,23)/t12-,13-/m0/s1. The van der Waals surface area contributed by atoms with Crippen LogP contribution in [0.25, 0.3) is 0 Å². The lowest BCUT2D eigenvalue weighted by Crippen LogP contribution is -2.35. The molecule has 1 amide bonds. The van der Waals surface area contributed by atoms with Crippen molar-refractivity contribution >= 4 is 17.6 Å². The third-order valence-electron chi connectivity index (χ3n) is 3.56. The molecule has 138 valence electrons. The van der Waals surface area contributed by atoms with Gasteiger partial charge in [0.25, 0.3) is 5.91 Å². The van der Waals surface area contributed by atoms with Crippen molar-refractivity contribution in [1.29, 1.82) is 0 Å². The summed E-state index contributed by atoms with van der Waals surface area (Å²) in [5, 5.41) is 2.47. The summed E-state index contributed by atoms with van der Waals surface area (Å²) in [6.45, 7) is 4.45. The van der Waals surface area contributed by atoms with Crippen molar-refractivity contribution in [3.8, 4) is 5.75 Å². The normalized spacial score (nSPS) is 12.8. The maximum Gasteiger partial charge on any atom is 0.347 e. The Bertz CT molecular complexity index is 793. The van der Waals surface area contributed by atoms with Crippen LogP contribution in [0.2, 0.25) is 0 Å². The van der Waals surface area contributed by atoms with Gasteiger partial charge in [-0.1, -0.05) is 6.07 Å². The highest BCUT2D eigenvalue weighted by Crippen LogP contribution is 2.15. The minimum absolute atomic E-state index is 0.261. The number of benzene rings is 2. The van der Waals surface area contributed by atoms with E-state index in [2.05, 4.69) is 5.32 Å². The fraction of sp³-hybridized carbons (Fsp3) is 0.263. The molecular weight excluding hydrogens is 344 g/mol. The monoisotopic (exact) mass is 363 g/mol. The molecule has 2 aromatic carbocycles. The van der Waals surface area contributed by atoms with Gasteiger partial charge in [-0.05, 0) is 62.7 Å². The fourth-order valence-electron chi connectivity index (χ4n) is 2.00. The summed E-state index contributed by atoms with van der Waals surface area (Å²) in [5.74, 6) is -1.94. The molecule has 0 spiro atoms. The summed E-state index contributed by atoms with van der Waals surface area (Å²) in [6, 6.07) is 9.41. The van der Waals surface area contributed by atoms with Crippen LogP contribution in [-0.2, 0) is 14.3 Å². The van der Waals surface area contributed by atoms with Crippen LogP contribution in [0.15, 0.2) is 42.5 Å². The van der Waals surface area contributed by atoms with Gasteiger partial charge in [0.15, 0.2) is 12.2 Å². The van der Waals surface area contributed by atoms with Crippen LogP contribution >= 0.6 is 0 Å². The lowest BCUT2D eigenvalue weighted by atomic mass is 10.2. The highest BCUT2D eigenvalue weighted by Gasteiger charge is 2.23. The summed E-state index contributed by atoms with van der Waals surface area (Å²) in [6.07, 6.45) is -2.10. The summed E-state index contributed by atoms with van der Waals surface area (Å²) in [4.78, 5) is 24.1. The summed E-state index contributed by atoms with van der Waals surface area (Å²) in [7, 11) is 0. The van der Waals surface area contributed by atoms with Crippen molar-refractivity contribution in [2.24, 2.45) is 0 Å². The van der Waals surface area contributed by atoms with E-state index in [4.69, 9.17) is 9.47 Å². The van der Waals surface area contributed by atoms with Crippen molar-refractivity contribution in [2.45, 2.75) is 33.0 Å². The Morgan fingerprint density at radius 2 is 1.65 bits per heavy atom. The molecule has 0 unspecified atom stereocenters. The number of esters is 1. The van der Waals surface area contributed by atoms with Gasteiger partial charge in [-0.25, -0.2) is 13.6 Å². The van der Waals surface area contributed by atoms with E-state index < -0.39 is 35.7 Å². The number of hydrogen-bond donors (Lipinski definition) is 1. The predicted molar refractivity (Wildman–Crippen MR) is 91.8 cm³/mol. The predicted octanol–water partition coefficient (Wildman–Crippen LogP) is 3.61. The van der Waals surface area contributed by atoms with E-state index >= 15 is 0 Å². The molecule has 0 radical (unpaired) electrons. The Kier molecular flexibility index (Phi) is 6.27. The second-order valence-corrected chi connectivity index (χ2v) is 5.75. The minimum atomic E-state index is -1.11. The third-order valence-corrected chi connectivity index (χ3v) is 3.56. The number of carbonyl (C=O) groups excluding carboxylic acids is 2. The van der Waals surface area contributed by atoms with Gasteiger partial charge >= 0.3 is 5.97 Å². The molecule has 2 atom stereocenters. The number of anilines is 1. The zero-order valence-electron chi connectivity index (χ0n) is 14.6. The number of amides is 1. The maximum absolute atomic E-state index is 13.5. The SMILES string of the molecule is Cc1ccc(NC(=O)[C@H](C)OC(=O)[C@H](C)Oc2ccc(F)cc2)cc1F. The molecule has 2 aromatic rings. The van der Waals surface area contributed by atoms with E-state index in [1.54, 1.807) is 13.0 Å². The molecule has 0 aliphatic rings. The first-order valence-electron chi connectivity index (χ1n) is 7.96. The van der Waals surface area contributed by atoms with Gasteiger partial charge < -0.3 is 14.8 Å². The topological polar surface area (TPSA) is 64.6 Å². The zero-order chi connectivity index (χ0) is 19.3. The highest BCUT2D eigenvalue weighted by atomic mass is 19.1. The second kappa shape index (κ2) is 8.42. The van der Waals surface area contributed by atoms with Crippen molar-refractivity contribution in [1.82, 2.24) is 0 Å². The van der Waals surface area contributed by atoms with Crippen LogP contribution in [-0.4, -0.2) is 24.1 Å². The first-order chi connectivity index (χ1) is 12.3. The molecular formula is C19H19F2NO4. The Morgan fingerprint density at radius 3 is 2.27 bits per heavy atom. The van der Waals surface area contributed by atoms with Crippen molar-refractivity contribution in [3.05, 3.63) is 59.7 Å². The van der Waals surface area contributed by atoms with E-state index in [0.29, 0.717) is 11.3 Å². The summed E-state index contributed by atoms with van der Waals surface area (Å²) < 4.78 is 36.7. The number of ether oxygens (including phenoxy) is 2. The van der Waals surface area contributed by atoms with Gasteiger partial charge in [-0.15, -0.1) is 0 Å². The number of rotatable bonds is 6. The van der Waals surface area contributed by atoms with Gasteiger partial charge in [0.1, 0.15) is 17.4 Å². The molecule has 2 rings (SSSR count). The smallest absolute Gasteiger partial charge is 0.347 e. The molecule has 7 heteroatoms. The average molecular weight is 363 g/mol. The van der Waals surface area contributed by atoms with E-state index in [9.17, 15) is 18.4 Å². The average Bonchev–Trinajstić information content (AvgIpc) is 2.60. The second-order valence-electron chi connectivity index (χ2n) is 5.75. The largest absolute Gasteiger partial charge is 0.479 e. The quantitative estimate of drug-likeness (QED) is 0.797. The summed E-state index contributed by atoms with van der Waals surface area (Å²) >= 11 is 0. The lowest BCUT2D eigenvalue weighted by Gasteiger charge is -2.18. The lowest BCUT2D eigenvalue weighted by molar-refractivity contribution is -0.159. The molecule has 0 saturated heterocycles. The molecule has 26 heavy (non-hydrogen) atoms. The summed E-state index contributed by atoms with van der Waals surface area (Å²) in [5.41, 5.74) is 0.714. The van der Waals surface area contributed by atoms with E-state index in [1.165, 1.54) is 50.2 Å². The van der Waals surface area contributed by atoms with E-state index in [0.717, 1.165) is 0 Å². The zero-order valence-corrected chi connectivity index (χ0v) is 14.6. The van der Waals surface area contributed by atoms with Gasteiger partial charge in [0.2, 0.25) is 0 Å². The maximum atomic E-state index is 13.5. The van der Waals surface area contributed by atoms with Crippen LogP contribution in [0.1, 0.15) is 19.4 Å². The van der Waals surface area contributed by atoms with Crippen LogP contribution in [0, 0.1) is 18.6 Å². The van der Waals surface area contributed by atoms with Crippen LogP contribution in [0.3, 0.4) is 0 Å². The van der Waals surface area contributed by atoms with Gasteiger partial charge in [-0.2, -0.15) is 0 Å². The molecule has 0 aliphatic heterocycles. The molecule has 0 aromatic heterocycles. The number of aryl methyl sites for hydroxylation is 1. The van der Waals surface area contributed by atoms with Crippen molar-refractivity contribution < 1.29 is 27.8 Å². The Morgan fingerprint density at radius 1 is 1.00 bits per heavy atom. The molecule has 0 aliphatic carbocycles. The van der Waals surface area contributed by atoms with E-state index in [-0.39, 0.29) is 5.69 Å². The van der Waals surface area contributed by atoms with Crippen LogP contribution in [0.5, 0.6) is 5.75 Å². The number of hydrogen-bond acceptors (Lipinski definition) is 4. The highest BCUT2D eigenvalue weighted by molar-refractivity contribution is 5.95. The van der Waals surface area contributed by atoms with Crippen LogP contribution < -0.4 is 10.1 Å². The number of halogens is 2. The third kappa shape index (κ3) is 5.27. The first kappa shape index (κ1) is 19.4. The van der Waals surface area contributed by atoms with Crippen molar-refractivity contribution in [2.75, 3.05) is 5.32 Å². The molecule has 0 heterocycles. The number of carbonyl (C=O) groups is 2. The number of nitrogens with one attached hydrogen (secondary N) is 1. The van der Waals surface area contributed by atoms with Crippen LogP contribution in [0.4, 0.5) is 14.5 Å². The molecule has 1 N–H and O–H groups in total. The molecule has 0 fully saturated rings. The van der Waals surface area contributed by atoms with E-state index in [1.807, 2.05) is 0 Å². The fourth-order valence-corrected chi connectivity index (χ4v) is 2.00. The molecule has 0 saturated carbocycles. The van der Waals surface area contributed by atoms with Crippen molar-refractivity contribution in [3.63, 3.8) is 0 Å².